The van der Waals surface area contributed by atoms with E-state index in [4.69, 9.17) is 5.11 Å². The first-order chi connectivity index (χ1) is 9.54. The molecular formula is C14H13N3O2S. The van der Waals surface area contributed by atoms with Crippen LogP contribution in [0, 0.1) is 6.92 Å². The fourth-order valence-electron chi connectivity index (χ4n) is 2.19. The number of imidazole rings is 1. The lowest BCUT2D eigenvalue weighted by Gasteiger charge is -2.00. The number of nitrogens with zero attached hydrogens (tertiary/aromatic N) is 3. The van der Waals surface area contributed by atoms with Crippen LogP contribution in [-0.4, -0.2) is 25.6 Å². The van der Waals surface area contributed by atoms with E-state index in [1.54, 1.807) is 29.5 Å². The number of hydrogen-bond donors (Lipinski definition) is 1. The van der Waals surface area contributed by atoms with E-state index in [1.807, 2.05) is 23.9 Å². The number of aromatic nitrogens is 3. The number of thiazole rings is 1. The van der Waals surface area contributed by atoms with Crippen LogP contribution in [0.25, 0.3) is 11.0 Å². The minimum Gasteiger partial charge on any atom is -0.478 e. The van der Waals surface area contributed by atoms with Crippen LogP contribution in [0.15, 0.2) is 23.6 Å². The van der Waals surface area contributed by atoms with Crippen LogP contribution in [0.3, 0.4) is 0 Å². The molecule has 2 heterocycles. The van der Waals surface area contributed by atoms with Crippen molar-refractivity contribution < 1.29 is 9.90 Å². The summed E-state index contributed by atoms with van der Waals surface area (Å²) in [6, 6.07) is 5.00. The van der Waals surface area contributed by atoms with Gasteiger partial charge in [0, 0.05) is 18.8 Å². The monoisotopic (exact) mass is 287 g/mol. The second-order valence-electron chi connectivity index (χ2n) is 4.63. The van der Waals surface area contributed by atoms with Crippen LogP contribution in [0.2, 0.25) is 0 Å². The van der Waals surface area contributed by atoms with Gasteiger partial charge in [0.25, 0.3) is 0 Å². The number of aromatic carboxylic acids is 1. The molecule has 3 rings (SSSR count). The van der Waals surface area contributed by atoms with Gasteiger partial charge >= 0.3 is 5.97 Å². The average molecular weight is 287 g/mol. The molecule has 0 unspecified atom stereocenters. The summed E-state index contributed by atoms with van der Waals surface area (Å²) in [7, 11) is 1.93. The summed E-state index contributed by atoms with van der Waals surface area (Å²) >= 11 is 1.62. The van der Waals surface area contributed by atoms with Crippen molar-refractivity contribution >= 4 is 28.3 Å². The lowest BCUT2D eigenvalue weighted by atomic mass is 10.2. The van der Waals surface area contributed by atoms with Crippen LogP contribution in [-0.2, 0) is 13.5 Å². The molecule has 0 aliphatic carbocycles. The Kier molecular flexibility index (Phi) is 3.02. The Bertz CT molecular complexity index is 804. The molecule has 102 valence electrons. The van der Waals surface area contributed by atoms with Gasteiger partial charge in [0.05, 0.1) is 27.3 Å². The quantitative estimate of drug-likeness (QED) is 0.804. The fourth-order valence-corrected chi connectivity index (χ4v) is 2.80. The summed E-state index contributed by atoms with van der Waals surface area (Å²) in [4.78, 5) is 19.9. The van der Waals surface area contributed by atoms with E-state index >= 15 is 0 Å². The largest absolute Gasteiger partial charge is 0.478 e. The topological polar surface area (TPSA) is 68.0 Å². The van der Waals surface area contributed by atoms with Gasteiger partial charge in [-0.3, -0.25) is 0 Å². The average Bonchev–Trinajstić information content (AvgIpc) is 2.95. The maximum Gasteiger partial charge on any atom is 0.335 e. The predicted molar refractivity (Wildman–Crippen MR) is 77.3 cm³/mol. The fraction of sp³-hybridized carbons (Fsp3) is 0.214. The number of rotatable bonds is 3. The molecule has 1 aromatic carbocycles. The third-order valence-corrected chi connectivity index (χ3v) is 4.05. The lowest BCUT2D eigenvalue weighted by Crippen LogP contribution is -1.99. The minimum absolute atomic E-state index is 0.256. The Morgan fingerprint density at radius 2 is 2.20 bits per heavy atom. The highest BCUT2D eigenvalue weighted by molar-refractivity contribution is 7.09. The van der Waals surface area contributed by atoms with Gasteiger partial charge in [-0.2, -0.15) is 0 Å². The maximum absolute atomic E-state index is 11.0. The summed E-state index contributed by atoms with van der Waals surface area (Å²) in [5, 5.41) is 12.1. The van der Waals surface area contributed by atoms with Gasteiger partial charge in [0.15, 0.2) is 0 Å². The lowest BCUT2D eigenvalue weighted by molar-refractivity contribution is 0.0697. The van der Waals surface area contributed by atoms with E-state index < -0.39 is 5.97 Å². The van der Waals surface area contributed by atoms with Gasteiger partial charge in [-0.05, 0) is 25.1 Å². The van der Waals surface area contributed by atoms with E-state index in [0.29, 0.717) is 11.9 Å². The zero-order valence-electron chi connectivity index (χ0n) is 11.1. The number of aryl methyl sites for hydroxylation is 2. The number of carbonyl (C=O) groups is 1. The zero-order chi connectivity index (χ0) is 14.3. The van der Waals surface area contributed by atoms with E-state index in [1.165, 1.54) is 0 Å². The number of hydrogen-bond acceptors (Lipinski definition) is 4. The van der Waals surface area contributed by atoms with Crippen LogP contribution in [0.4, 0.5) is 0 Å². The molecule has 0 fully saturated rings. The van der Waals surface area contributed by atoms with Crippen LogP contribution >= 0.6 is 11.3 Å². The molecule has 0 amide bonds. The molecule has 0 atom stereocenters. The van der Waals surface area contributed by atoms with Crippen molar-refractivity contribution in [2.75, 3.05) is 0 Å². The van der Waals surface area contributed by atoms with Crippen molar-refractivity contribution in [3.8, 4) is 0 Å². The molecule has 5 nitrogen and oxygen atoms in total. The SMILES string of the molecule is Cc1nc(Cc2nc3cc(C(=O)O)ccc3n2C)cs1. The van der Waals surface area contributed by atoms with Crippen LogP contribution in [0.1, 0.15) is 26.9 Å². The standard InChI is InChI=1S/C14H13N3O2S/c1-8-15-10(7-20-8)6-13-16-11-5-9(14(18)19)3-4-12(11)17(13)2/h3-5,7H,6H2,1-2H3,(H,18,19). The molecule has 3 aromatic rings. The first kappa shape index (κ1) is 12.8. The second kappa shape index (κ2) is 4.72. The van der Waals surface area contributed by atoms with Gasteiger partial charge in [0.1, 0.15) is 5.82 Å². The summed E-state index contributed by atoms with van der Waals surface area (Å²) in [5.74, 6) is -0.0536. The van der Waals surface area contributed by atoms with Crippen molar-refractivity contribution in [2.45, 2.75) is 13.3 Å². The molecule has 0 saturated carbocycles. The minimum atomic E-state index is -0.936. The predicted octanol–water partition coefficient (Wildman–Crippen LogP) is 2.63. The van der Waals surface area contributed by atoms with Crippen molar-refractivity contribution in [2.24, 2.45) is 7.05 Å². The Morgan fingerprint density at radius 1 is 1.40 bits per heavy atom. The van der Waals surface area contributed by atoms with Gasteiger partial charge in [-0.25, -0.2) is 14.8 Å². The summed E-state index contributed by atoms with van der Waals surface area (Å²) in [6.45, 7) is 1.97. The number of carboxylic acid groups (broad SMARTS) is 1. The van der Waals surface area contributed by atoms with E-state index in [-0.39, 0.29) is 5.56 Å². The van der Waals surface area contributed by atoms with Crippen molar-refractivity contribution in [3.63, 3.8) is 0 Å². The van der Waals surface area contributed by atoms with E-state index in [2.05, 4.69) is 9.97 Å². The zero-order valence-corrected chi connectivity index (χ0v) is 11.9. The summed E-state index contributed by atoms with van der Waals surface area (Å²) in [5.41, 5.74) is 2.88. The molecule has 20 heavy (non-hydrogen) atoms. The molecule has 1 N–H and O–H groups in total. The maximum atomic E-state index is 11.0. The molecule has 0 radical (unpaired) electrons. The molecular weight excluding hydrogens is 274 g/mol. The van der Waals surface area contributed by atoms with Crippen molar-refractivity contribution in [1.29, 1.82) is 0 Å². The molecule has 0 bridgehead atoms. The molecule has 2 aromatic heterocycles. The highest BCUT2D eigenvalue weighted by atomic mass is 32.1. The first-order valence-corrected chi connectivity index (χ1v) is 7.02. The third kappa shape index (κ3) is 2.18. The third-order valence-electron chi connectivity index (χ3n) is 3.23. The number of carboxylic acids is 1. The second-order valence-corrected chi connectivity index (χ2v) is 5.69. The molecule has 0 aliphatic rings. The van der Waals surface area contributed by atoms with Gasteiger partial charge in [-0.1, -0.05) is 0 Å². The Balaban J connectivity index is 2.03. The van der Waals surface area contributed by atoms with Gasteiger partial charge < -0.3 is 9.67 Å². The highest BCUT2D eigenvalue weighted by Gasteiger charge is 2.12. The molecule has 0 spiro atoms. The highest BCUT2D eigenvalue weighted by Crippen LogP contribution is 2.19. The first-order valence-electron chi connectivity index (χ1n) is 6.14. The van der Waals surface area contributed by atoms with Gasteiger partial charge in [0.2, 0.25) is 0 Å². The summed E-state index contributed by atoms with van der Waals surface area (Å²) < 4.78 is 1.98. The molecule has 0 saturated heterocycles. The van der Waals surface area contributed by atoms with Crippen molar-refractivity contribution in [3.05, 3.63) is 45.7 Å². The molecule has 6 heteroatoms. The summed E-state index contributed by atoms with van der Waals surface area (Å²) in [6.07, 6.45) is 0.651. The smallest absolute Gasteiger partial charge is 0.335 e. The van der Waals surface area contributed by atoms with Crippen molar-refractivity contribution in [1.82, 2.24) is 14.5 Å². The Morgan fingerprint density at radius 3 is 2.85 bits per heavy atom. The number of benzene rings is 1. The van der Waals surface area contributed by atoms with E-state index in [9.17, 15) is 4.79 Å². The number of fused-ring (bicyclic) bond motifs is 1. The molecule has 0 aliphatic heterocycles. The normalized spacial score (nSPS) is 11.1. The van der Waals surface area contributed by atoms with E-state index in [0.717, 1.165) is 22.0 Å². The van der Waals surface area contributed by atoms with Crippen LogP contribution < -0.4 is 0 Å². The van der Waals surface area contributed by atoms with Crippen LogP contribution in [0.5, 0.6) is 0 Å². The Hall–Kier alpha value is -2.21. The Labute approximate surface area is 119 Å². The van der Waals surface area contributed by atoms with Gasteiger partial charge in [-0.15, -0.1) is 11.3 Å².